The highest BCUT2D eigenvalue weighted by Crippen LogP contribution is 2.31. The van der Waals surface area contributed by atoms with Gasteiger partial charge in [0.15, 0.2) is 11.0 Å². The van der Waals surface area contributed by atoms with Crippen molar-refractivity contribution in [2.45, 2.75) is 0 Å². The minimum atomic E-state index is 0.561. The zero-order valence-electron chi connectivity index (χ0n) is 13.6. The van der Waals surface area contributed by atoms with E-state index in [9.17, 15) is 0 Å². The van der Waals surface area contributed by atoms with Crippen molar-refractivity contribution in [3.05, 3.63) is 48.5 Å². The topological polar surface area (TPSA) is 83.2 Å². The maximum atomic E-state index is 5.18. The fourth-order valence-corrected chi connectivity index (χ4v) is 2.58. The van der Waals surface area contributed by atoms with Gasteiger partial charge in [-0.25, -0.2) is 4.63 Å². The lowest BCUT2D eigenvalue weighted by Gasteiger charge is -2.05. The van der Waals surface area contributed by atoms with Crippen LogP contribution in [0.4, 0.5) is 0 Å². The zero-order valence-corrected chi connectivity index (χ0v) is 13.6. The van der Waals surface area contributed by atoms with Crippen LogP contribution in [0.3, 0.4) is 0 Å². The van der Waals surface area contributed by atoms with E-state index in [4.69, 9.17) is 14.1 Å². The third-order valence-corrected chi connectivity index (χ3v) is 3.91. The molecule has 7 nitrogen and oxygen atoms in total. The number of hydrogen-bond donors (Lipinski definition) is 0. The van der Waals surface area contributed by atoms with Crippen molar-refractivity contribution in [2.75, 3.05) is 14.2 Å². The standard InChI is InChI=1S/C18H14N4O3/c1-23-13-7-3-11(4-8-13)15-17-18(22-25-21-17)16(20-19-15)12-5-9-14(24-2)10-6-12/h3-10H,1-2H3. The molecule has 124 valence electrons. The van der Waals surface area contributed by atoms with E-state index in [-0.39, 0.29) is 0 Å². The van der Waals surface area contributed by atoms with Gasteiger partial charge in [-0.1, -0.05) is 0 Å². The van der Waals surface area contributed by atoms with E-state index in [1.54, 1.807) is 14.2 Å². The molecule has 7 heteroatoms. The Morgan fingerprint density at radius 1 is 0.640 bits per heavy atom. The maximum Gasteiger partial charge on any atom is 0.165 e. The summed E-state index contributed by atoms with van der Waals surface area (Å²) < 4.78 is 15.3. The van der Waals surface area contributed by atoms with E-state index in [0.717, 1.165) is 22.6 Å². The van der Waals surface area contributed by atoms with Gasteiger partial charge in [-0.15, -0.1) is 10.2 Å². The van der Waals surface area contributed by atoms with Crippen LogP contribution in [0.1, 0.15) is 0 Å². The molecule has 2 heterocycles. The van der Waals surface area contributed by atoms with Crippen molar-refractivity contribution >= 4 is 11.0 Å². The van der Waals surface area contributed by atoms with E-state index < -0.39 is 0 Å². The van der Waals surface area contributed by atoms with Crippen LogP contribution in [0.25, 0.3) is 33.5 Å². The molecule has 0 aliphatic rings. The largest absolute Gasteiger partial charge is 0.497 e. The second-order valence-electron chi connectivity index (χ2n) is 5.32. The molecule has 0 radical (unpaired) electrons. The van der Waals surface area contributed by atoms with Crippen LogP contribution in [0.5, 0.6) is 11.5 Å². The van der Waals surface area contributed by atoms with Crippen molar-refractivity contribution in [1.29, 1.82) is 0 Å². The molecular formula is C18H14N4O3. The summed E-state index contributed by atoms with van der Waals surface area (Å²) >= 11 is 0. The van der Waals surface area contributed by atoms with E-state index in [2.05, 4.69) is 20.5 Å². The number of hydrogen-bond acceptors (Lipinski definition) is 7. The first kappa shape index (κ1) is 15.1. The fourth-order valence-electron chi connectivity index (χ4n) is 2.58. The molecule has 0 atom stereocenters. The molecule has 0 bridgehead atoms. The van der Waals surface area contributed by atoms with Crippen LogP contribution in [0.15, 0.2) is 53.2 Å². The maximum absolute atomic E-state index is 5.18. The summed E-state index contributed by atoms with van der Waals surface area (Å²) in [5.41, 5.74) is 4.05. The molecule has 4 aromatic rings. The Labute approximate surface area is 143 Å². The minimum Gasteiger partial charge on any atom is -0.497 e. The average Bonchev–Trinajstić information content (AvgIpc) is 3.17. The Morgan fingerprint density at radius 3 is 1.40 bits per heavy atom. The highest BCUT2D eigenvalue weighted by atomic mass is 16.6. The first-order chi connectivity index (χ1) is 12.3. The summed E-state index contributed by atoms with van der Waals surface area (Å²) in [5, 5.41) is 16.7. The lowest BCUT2D eigenvalue weighted by atomic mass is 10.1. The van der Waals surface area contributed by atoms with Crippen LogP contribution < -0.4 is 9.47 Å². The van der Waals surface area contributed by atoms with E-state index >= 15 is 0 Å². The average molecular weight is 334 g/mol. The summed E-state index contributed by atoms with van der Waals surface area (Å²) in [6.45, 7) is 0. The quantitative estimate of drug-likeness (QED) is 0.566. The molecule has 0 aliphatic heterocycles. The first-order valence-corrected chi connectivity index (χ1v) is 7.58. The number of methoxy groups -OCH3 is 2. The molecule has 4 rings (SSSR count). The van der Waals surface area contributed by atoms with Crippen molar-refractivity contribution in [1.82, 2.24) is 20.5 Å². The lowest BCUT2D eigenvalue weighted by Crippen LogP contribution is -1.95. The monoisotopic (exact) mass is 334 g/mol. The van der Waals surface area contributed by atoms with Crippen LogP contribution in [-0.4, -0.2) is 34.7 Å². The van der Waals surface area contributed by atoms with Crippen molar-refractivity contribution in [3.8, 4) is 34.0 Å². The Kier molecular flexibility index (Phi) is 3.74. The number of aromatic nitrogens is 4. The van der Waals surface area contributed by atoms with Gasteiger partial charge in [0.25, 0.3) is 0 Å². The SMILES string of the molecule is COc1ccc(-c2nnc(-c3ccc(OC)cc3)c3nonc23)cc1. The number of ether oxygens (including phenoxy) is 2. The smallest absolute Gasteiger partial charge is 0.165 e. The number of fused-ring (bicyclic) bond motifs is 1. The molecule has 0 saturated carbocycles. The van der Waals surface area contributed by atoms with Gasteiger partial charge < -0.3 is 9.47 Å². The van der Waals surface area contributed by atoms with Gasteiger partial charge in [0.2, 0.25) is 0 Å². The molecule has 0 aliphatic carbocycles. The van der Waals surface area contributed by atoms with Crippen LogP contribution in [-0.2, 0) is 0 Å². The molecule has 0 spiro atoms. The first-order valence-electron chi connectivity index (χ1n) is 7.58. The molecule has 0 unspecified atom stereocenters. The Hall–Kier alpha value is -3.48. The van der Waals surface area contributed by atoms with Crippen LogP contribution in [0, 0.1) is 0 Å². The predicted octanol–water partition coefficient (Wildman–Crippen LogP) is 3.36. The second-order valence-corrected chi connectivity index (χ2v) is 5.32. The van der Waals surface area contributed by atoms with Gasteiger partial charge in [-0.05, 0) is 58.8 Å². The van der Waals surface area contributed by atoms with Gasteiger partial charge in [-0.2, -0.15) is 0 Å². The van der Waals surface area contributed by atoms with Gasteiger partial charge in [-0.3, -0.25) is 0 Å². The van der Waals surface area contributed by atoms with Gasteiger partial charge in [0.05, 0.1) is 14.2 Å². The number of nitrogens with zero attached hydrogens (tertiary/aromatic N) is 4. The zero-order chi connectivity index (χ0) is 17.2. The molecule has 2 aromatic carbocycles. The number of benzene rings is 2. The van der Waals surface area contributed by atoms with Crippen molar-refractivity contribution in [3.63, 3.8) is 0 Å². The summed E-state index contributed by atoms with van der Waals surface area (Å²) in [7, 11) is 3.25. The Bertz CT molecular complexity index is 929. The summed E-state index contributed by atoms with van der Waals surface area (Å²) in [5.74, 6) is 1.53. The normalized spacial score (nSPS) is 10.8. The molecule has 0 amide bonds. The Morgan fingerprint density at radius 2 is 1.04 bits per heavy atom. The van der Waals surface area contributed by atoms with Crippen LogP contribution >= 0.6 is 0 Å². The van der Waals surface area contributed by atoms with E-state index in [1.165, 1.54) is 0 Å². The summed E-state index contributed by atoms with van der Waals surface area (Å²) in [6, 6.07) is 15.0. The molecule has 0 fully saturated rings. The molecule has 25 heavy (non-hydrogen) atoms. The van der Waals surface area contributed by atoms with Crippen molar-refractivity contribution in [2.24, 2.45) is 0 Å². The lowest BCUT2D eigenvalue weighted by molar-refractivity contribution is 0.315. The fraction of sp³-hybridized carbons (Fsp3) is 0.111. The van der Waals surface area contributed by atoms with Gasteiger partial charge >= 0.3 is 0 Å². The highest BCUT2D eigenvalue weighted by molar-refractivity contribution is 5.96. The van der Waals surface area contributed by atoms with Crippen molar-refractivity contribution < 1.29 is 14.1 Å². The third-order valence-electron chi connectivity index (χ3n) is 3.91. The number of rotatable bonds is 4. The molecular weight excluding hydrogens is 320 g/mol. The summed E-state index contributed by atoms with van der Waals surface area (Å²) in [6.07, 6.45) is 0. The predicted molar refractivity (Wildman–Crippen MR) is 91.4 cm³/mol. The molecule has 0 N–H and O–H groups in total. The van der Waals surface area contributed by atoms with Crippen LogP contribution in [0.2, 0.25) is 0 Å². The van der Waals surface area contributed by atoms with E-state index in [1.807, 2.05) is 48.5 Å². The van der Waals surface area contributed by atoms with Gasteiger partial charge in [0, 0.05) is 11.1 Å². The summed E-state index contributed by atoms with van der Waals surface area (Å²) in [4.78, 5) is 0. The molecule has 0 saturated heterocycles. The second kappa shape index (κ2) is 6.20. The highest BCUT2D eigenvalue weighted by Gasteiger charge is 2.17. The van der Waals surface area contributed by atoms with E-state index in [0.29, 0.717) is 22.4 Å². The van der Waals surface area contributed by atoms with Gasteiger partial charge in [0.1, 0.15) is 22.9 Å². The Balaban J connectivity index is 1.82. The molecule has 2 aromatic heterocycles. The third kappa shape index (κ3) is 2.65. The minimum absolute atomic E-state index is 0.561.